The lowest BCUT2D eigenvalue weighted by molar-refractivity contribution is 0.0969. The minimum absolute atomic E-state index is 0.0165. The summed E-state index contributed by atoms with van der Waals surface area (Å²) in [6.07, 6.45) is 2.95. The molecule has 0 amide bonds. The van der Waals surface area contributed by atoms with Gasteiger partial charge in [0.15, 0.2) is 5.06 Å². The molecule has 4 rings (SSSR count). The van der Waals surface area contributed by atoms with Crippen molar-refractivity contribution < 1.29 is 18.3 Å². The van der Waals surface area contributed by atoms with Crippen LogP contribution in [0.2, 0.25) is 0 Å². The number of rotatable bonds is 6. The maximum Gasteiger partial charge on any atom is 0.247 e. The third-order valence-corrected chi connectivity index (χ3v) is 9.01. The summed E-state index contributed by atoms with van der Waals surface area (Å²) in [5, 5.41) is 11.2. The molecular formula is C23H32N2O4S2. The zero-order valence-corrected chi connectivity index (χ0v) is 20.1. The Kier molecular flexibility index (Phi) is 6.62. The van der Waals surface area contributed by atoms with E-state index >= 15 is 0 Å². The highest BCUT2D eigenvalue weighted by Crippen LogP contribution is 2.37. The Bertz CT molecular complexity index is 1020. The third-order valence-electron chi connectivity index (χ3n) is 6.08. The molecule has 0 aliphatic carbocycles. The summed E-state index contributed by atoms with van der Waals surface area (Å²) >= 11 is 1.56. The molecule has 0 radical (unpaired) electrons. The second-order valence-electron chi connectivity index (χ2n) is 9.04. The topological polar surface area (TPSA) is 70.1 Å². The summed E-state index contributed by atoms with van der Waals surface area (Å²) in [5.74, 6) is 0.523. The predicted molar refractivity (Wildman–Crippen MR) is 123 cm³/mol. The smallest absolute Gasteiger partial charge is 0.247 e. The Morgan fingerprint density at radius 1 is 1.23 bits per heavy atom. The first-order valence-electron chi connectivity index (χ1n) is 11.0. The number of hydrogen-bond donors (Lipinski definition) is 1. The zero-order valence-electron chi connectivity index (χ0n) is 18.5. The number of nitrogens with zero attached hydrogens (tertiary/aromatic N) is 2. The maximum atomic E-state index is 13.1. The number of thiophene rings is 1. The molecule has 8 heteroatoms. The number of benzene rings is 1. The molecule has 170 valence electrons. The molecule has 1 aromatic carbocycles. The molecular weight excluding hydrogens is 432 g/mol. The fourth-order valence-electron chi connectivity index (χ4n) is 4.40. The Morgan fingerprint density at radius 3 is 2.68 bits per heavy atom. The van der Waals surface area contributed by atoms with Crippen molar-refractivity contribution in [3.63, 3.8) is 0 Å². The minimum atomic E-state index is -3.75. The van der Waals surface area contributed by atoms with Gasteiger partial charge >= 0.3 is 0 Å². The van der Waals surface area contributed by atoms with Gasteiger partial charge in [-0.25, -0.2) is 8.42 Å². The zero-order chi connectivity index (χ0) is 22.2. The molecule has 2 aliphatic heterocycles. The van der Waals surface area contributed by atoms with E-state index in [0.717, 1.165) is 42.4 Å². The Balaban J connectivity index is 1.42. The van der Waals surface area contributed by atoms with Gasteiger partial charge in [0.05, 0.1) is 0 Å². The second kappa shape index (κ2) is 9.10. The van der Waals surface area contributed by atoms with Crippen LogP contribution >= 0.6 is 11.3 Å². The monoisotopic (exact) mass is 464 g/mol. The van der Waals surface area contributed by atoms with Crippen molar-refractivity contribution >= 4 is 21.4 Å². The quantitative estimate of drug-likeness (QED) is 0.700. The van der Waals surface area contributed by atoms with Crippen molar-refractivity contribution in [2.24, 2.45) is 5.92 Å². The van der Waals surface area contributed by atoms with Gasteiger partial charge in [-0.2, -0.15) is 4.31 Å². The molecule has 1 fully saturated rings. The fraction of sp³-hybridized carbons (Fsp3) is 0.565. The van der Waals surface area contributed by atoms with Crippen molar-refractivity contribution in [1.82, 2.24) is 9.21 Å². The van der Waals surface area contributed by atoms with Crippen LogP contribution in [0.3, 0.4) is 0 Å². The average Bonchev–Trinajstić information content (AvgIpc) is 3.12. The average molecular weight is 465 g/mol. The Labute approximate surface area is 189 Å². The number of phenols is 1. The molecule has 1 aromatic heterocycles. The molecule has 0 spiro atoms. The molecule has 0 bridgehead atoms. The van der Waals surface area contributed by atoms with Crippen LogP contribution in [-0.4, -0.2) is 55.0 Å². The van der Waals surface area contributed by atoms with Crippen LogP contribution in [0.25, 0.3) is 0 Å². The summed E-state index contributed by atoms with van der Waals surface area (Å²) in [7, 11) is -3.75. The van der Waals surface area contributed by atoms with Gasteiger partial charge in [0.2, 0.25) is 10.0 Å². The van der Waals surface area contributed by atoms with Crippen LogP contribution in [-0.2, 0) is 23.0 Å². The lowest BCUT2D eigenvalue weighted by Gasteiger charge is -2.32. The summed E-state index contributed by atoms with van der Waals surface area (Å²) in [6.45, 7) is 10.2. The van der Waals surface area contributed by atoms with E-state index in [1.165, 1.54) is 15.9 Å². The van der Waals surface area contributed by atoms with Gasteiger partial charge in [0.25, 0.3) is 0 Å². The van der Waals surface area contributed by atoms with E-state index in [0.29, 0.717) is 31.0 Å². The summed E-state index contributed by atoms with van der Waals surface area (Å²) in [6, 6.07) is 6.94. The van der Waals surface area contributed by atoms with Crippen LogP contribution < -0.4 is 4.74 Å². The van der Waals surface area contributed by atoms with Crippen LogP contribution in [0.4, 0.5) is 0 Å². The molecule has 31 heavy (non-hydrogen) atoms. The van der Waals surface area contributed by atoms with Gasteiger partial charge < -0.3 is 14.7 Å². The highest BCUT2D eigenvalue weighted by molar-refractivity contribution is 7.89. The predicted octanol–water partition coefficient (Wildman–Crippen LogP) is 4.01. The van der Waals surface area contributed by atoms with Gasteiger partial charge in [0, 0.05) is 37.6 Å². The molecule has 1 N–H and O–H groups in total. The number of aromatic hydroxyl groups is 1. The molecule has 0 saturated carbocycles. The highest BCUT2D eigenvalue weighted by Gasteiger charge is 2.32. The normalized spacial score (nSPS) is 19.0. The van der Waals surface area contributed by atoms with E-state index in [4.69, 9.17) is 4.74 Å². The van der Waals surface area contributed by atoms with Gasteiger partial charge in [-0.3, -0.25) is 0 Å². The Morgan fingerprint density at radius 2 is 1.97 bits per heavy atom. The minimum Gasteiger partial charge on any atom is -0.506 e. The molecule has 0 unspecified atom stereocenters. The number of sulfonamides is 1. The van der Waals surface area contributed by atoms with E-state index in [9.17, 15) is 13.5 Å². The number of likely N-dealkylation sites (tertiary alicyclic amines) is 1. The fourth-order valence-corrected chi connectivity index (χ4v) is 7.19. The molecule has 3 heterocycles. The van der Waals surface area contributed by atoms with E-state index in [-0.39, 0.29) is 16.7 Å². The van der Waals surface area contributed by atoms with Crippen LogP contribution in [0.1, 0.15) is 42.7 Å². The molecule has 2 aromatic rings. The molecule has 6 nitrogen and oxygen atoms in total. The third kappa shape index (κ3) is 4.92. The number of piperidine rings is 1. The van der Waals surface area contributed by atoms with Gasteiger partial charge in [-0.15, -0.1) is 11.3 Å². The van der Waals surface area contributed by atoms with Crippen LogP contribution in [0, 0.1) is 12.8 Å². The van der Waals surface area contributed by atoms with Crippen molar-refractivity contribution in [3.8, 4) is 10.8 Å². The van der Waals surface area contributed by atoms with Crippen molar-refractivity contribution in [2.45, 2.75) is 57.6 Å². The Hall–Kier alpha value is -1.61. The number of hydrogen-bond acceptors (Lipinski definition) is 6. The van der Waals surface area contributed by atoms with Crippen molar-refractivity contribution in [1.29, 1.82) is 0 Å². The van der Waals surface area contributed by atoms with E-state index in [1.807, 2.05) is 0 Å². The van der Waals surface area contributed by atoms with Gasteiger partial charge in [-0.05, 0) is 55.4 Å². The highest BCUT2D eigenvalue weighted by atomic mass is 32.2. The molecule has 2 aliphatic rings. The number of aryl methyl sites for hydroxylation is 1. The van der Waals surface area contributed by atoms with Gasteiger partial charge in [0.1, 0.15) is 16.7 Å². The van der Waals surface area contributed by atoms with Crippen LogP contribution in [0.5, 0.6) is 10.8 Å². The molecule has 0 atom stereocenters. The second-order valence-corrected chi connectivity index (χ2v) is 12.0. The lowest BCUT2D eigenvalue weighted by Crippen LogP contribution is -2.39. The van der Waals surface area contributed by atoms with Crippen LogP contribution in [0.15, 0.2) is 29.2 Å². The first-order chi connectivity index (χ1) is 14.7. The first-order valence-corrected chi connectivity index (χ1v) is 13.3. The lowest BCUT2D eigenvalue weighted by atomic mass is 10.1. The van der Waals surface area contributed by atoms with Crippen molar-refractivity contribution in [3.05, 3.63) is 40.3 Å². The van der Waals surface area contributed by atoms with Gasteiger partial charge in [-0.1, -0.05) is 26.0 Å². The number of para-hydroxylation sites is 1. The number of phenolic OH excluding ortho intramolecular Hbond substituents is 1. The van der Waals surface area contributed by atoms with Crippen molar-refractivity contribution in [2.75, 3.05) is 26.2 Å². The standard InChI is InChI=1S/C23H32N2O4S2/c1-16(2)14-24-10-8-19(9-11-24)29-22-13-18-7-12-25(15-20(18)30-22)31(27,28)21-6-4-5-17(3)23(21)26/h4-6,13,16,19,26H,7-12,14-15H2,1-3H3. The summed E-state index contributed by atoms with van der Waals surface area (Å²) < 4.78 is 34.0. The van der Waals surface area contributed by atoms with E-state index in [1.54, 1.807) is 30.4 Å². The maximum absolute atomic E-state index is 13.1. The summed E-state index contributed by atoms with van der Waals surface area (Å²) in [4.78, 5) is 3.53. The van der Waals surface area contributed by atoms with E-state index in [2.05, 4.69) is 24.8 Å². The number of ether oxygens (including phenoxy) is 1. The SMILES string of the molecule is Cc1cccc(S(=O)(=O)N2CCc3cc(OC4CCN(CC(C)C)CC4)sc3C2)c1O. The first kappa shape index (κ1) is 22.6. The molecule has 1 saturated heterocycles. The summed E-state index contributed by atoms with van der Waals surface area (Å²) in [5.41, 5.74) is 1.74. The van der Waals surface area contributed by atoms with E-state index < -0.39 is 10.0 Å². The largest absolute Gasteiger partial charge is 0.506 e. The number of fused-ring (bicyclic) bond motifs is 1.